The van der Waals surface area contributed by atoms with E-state index in [0.717, 1.165) is 0 Å². The maximum atomic E-state index is 12.6. The number of nitrogens with zero attached hydrogens (tertiary/aromatic N) is 1. The molecule has 1 saturated heterocycles. The van der Waals surface area contributed by atoms with Crippen LogP contribution >= 0.6 is 11.6 Å². The van der Waals surface area contributed by atoms with Gasteiger partial charge in [0.15, 0.2) is 6.10 Å². The van der Waals surface area contributed by atoms with Crippen LogP contribution in [0.15, 0.2) is 24.3 Å². The summed E-state index contributed by atoms with van der Waals surface area (Å²) >= 11 is 6.07. The van der Waals surface area contributed by atoms with Crippen LogP contribution in [-0.4, -0.2) is 35.9 Å². The second-order valence-corrected chi connectivity index (χ2v) is 5.85. The molecule has 1 atom stereocenters. The fourth-order valence-electron chi connectivity index (χ4n) is 2.59. The summed E-state index contributed by atoms with van der Waals surface area (Å²) in [6.07, 6.45) is 1.22. The van der Waals surface area contributed by atoms with Crippen molar-refractivity contribution in [2.24, 2.45) is 11.7 Å². The van der Waals surface area contributed by atoms with Crippen molar-refractivity contribution in [3.05, 3.63) is 29.3 Å². The van der Waals surface area contributed by atoms with E-state index in [-0.39, 0.29) is 17.7 Å². The lowest BCUT2D eigenvalue weighted by Gasteiger charge is -2.33. The SMILES string of the molecule is CCC(Oc1ccccc1Cl)C(=O)N1CCC(C(N)=O)CC1. The van der Waals surface area contributed by atoms with E-state index in [4.69, 9.17) is 22.1 Å². The van der Waals surface area contributed by atoms with E-state index in [1.54, 1.807) is 17.0 Å². The molecule has 0 aliphatic carbocycles. The minimum Gasteiger partial charge on any atom is -0.479 e. The van der Waals surface area contributed by atoms with Crippen LogP contribution < -0.4 is 10.5 Å². The van der Waals surface area contributed by atoms with Crippen molar-refractivity contribution in [2.75, 3.05) is 13.1 Å². The molecular formula is C16H21ClN2O3. The van der Waals surface area contributed by atoms with Crippen molar-refractivity contribution in [2.45, 2.75) is 32.3 Å². The summed E-state index contributed by atoms with van der Waals surface area (Å²) in [6.45, 7) is 2.97. The maximum Gasteiger partial charge on any atom is 0.263 e. The quantitative estimate of drug-likeness (QED) is 0.902. The molecule has 1 heterocycles. The first-order valence-electron chi connectivity index (χ1n) is 7.52. The molecule has 1 fully saturated rings. The number of piperidine rings is 1. The number of likely N-dealkylation sites (tertiary alicyclic amines) is 1. The van der Waals surface area contributed by atoms with Gasteiger partial charge in [-0.05, 0) is 31.4 Å². The Morgan fingerprint density at radius 3 is 2.55 bits per heavy atom. The molecule has 0 bridgehead atoms. The molecule has 1 aromatic carbocycles. The predicted molar refractivity (Wildman–Crippen MR) is 84.7 cm³/mol. The Balaban J connectivity index is 1.98. The van der Waals surface area contributed by atoms with Gasteiger partial charge < -0.3 is 15.4 Å². The number of carbonyl (C=O) groups is 2. The highest BCUT2D eigenvalue weighted by Gasteiger charge is 2.30. The van der Waals surface area contributed by atoms with Gasteiger partial charge in [0, 0.05) is 19.0 Å². The van der Waals surface area contributed by atoms with E-state index in [2.05, 4.69) is 0 Å². The van der Waals surface area contributed by atoms with E-state index in [1.165, 1.54) is 0 Å². The molecule has 0 radical (unpaired) electrons. The average molecular weight is 325 g/mol. The fourth-order valence-corrected chi connectivity index (χ4v) is 2.77. The Hall–Kier alpha value is -1.75. The van der Waals surface area contributed by atoms with Crippen molar-refractivity contribution < 1.29 is 14.3 Å². The number of carbonyl (C=O) groups excluding carboxylic acids is 2. The monoisotopic (exact) mass is 324 g/mol. The van der Waals surface area contributed by atoms with E-state index in [9.17, 15) is 9.59 Å². The number of primary amides is 1. The van der Waals surface area contributed by atoms with Gasteiger partial charge in [0.1, 0.15) is 5.75 Å². The van der Waals surface area contributed by atoms with Gasteiger partial charge in [-0.1, -0.05) is 30.7 Å². The molecule has 2 N–H and O–H groups in total. The number of hydrogen-bond donors (Lipinski definition) is 1. The molecular weight excluding hydrogens is 304 g/mol. The summed E-state index contributed by atoms with van der Waals surface area (Å²) in [5, 5.41) is 0.487. The largest absolute Gasteiger partial charge is 0.479 e. The zero-order chi connectivity index (χ0) is 16.1. The smallest absolute Gasteiger partial charge is 0.263 e. The number of hydrogen-bond acceptors (Lipinski definition) is 3. The van der Waals surface area contributed by atoms with Gasteiger partial charge in [-0.25, -0.2) is 0 Å². The highest BCUT2D eigenvalue weighted by Crippen LogP contribution is 2.26. The van der Waals surface area contributed by atoms with Crippen LogP contribution in [0.4, 0.5) is 0 Å². The Bertz CT molecular complexity index is 542. The lowest BCUT2D eigenvalue weighted by atomic mass is 9.96. The van der Waals surface area contributed by atoms with Gasteiger partial charge in [0.2, 0.25) is 5.91 Å². The van der Waals surface area contributed by atoms with E-state index in [0.29, 0.717) is 43.1 Å². The van der Waals surface area contributed by atoms with Crippen LogP contribution in [0.2, 0.25) is 5.02 Å². The number of ether oxygens (including phenoxy) is 1. The minimum absolute atomic E-state index is 0.0645. The van der Waals surface area contributed by atoms with Crippen molar-refractivity contribution >= 4 is 23.4 Å². The molecule has 2 amide bonds. The molecule has 1 aliphatic heterocycles. The Morgan fingerprint density at radius 1 is 1.36 bits per heavy atom. The second-order valence-electron chi connectivity index (χ2n) is 5.45. The lowest BCUT2D eigenvalue weighted by molar-refractivity contribution is -0.141. The molecule has 5 nitrogen and oxygen atoms in total. The van der Waals surface area contributed by atoms with Crippen molar-refractivity contribution in [1.82, 2.24) is 4.90 Å². The maximum absolute atomic E-state index is 12.6. The summed E-state index contributed by atoms with van der Waals surface area (Å²) in [5.41, 5.74) is 5.31. The zero-order valence-corrected chi connectivity index (χ0v) is 13.4. The Morgan fingerprint density at radius 2 is 2.00 bits per heavy atom. The average Bonchev–Trinajstić information content (AvgIpc) is 2.53. The van der Waals surface area contributed by atoms with Gasteiger partial charge in [-0.15, -0.1) is 0 Å². The number of nitrogens with two attached hydrogens (primary N) is 1. The van der Waals surface area contributed by atoms with Crippen molar-refractivity contribution in [3.63, 3.8) is 0 Å². The van der Waals surface area contributed by atoms with E-state index < -0.39 is 6.10 Å². The molecule has 2 rings (SSSR count). The van der Waals surface area contributed by atoms with Gasteiger partial charge in [0.05, 0.1) is 5.02 Å². The number of rotatable bonds is 5. The second kappa shape index (κ2) is 7.49. The van der Waals surface area contributed by atoms with Crippen LogP contribution in [0.5, 0.6) is 5.75 Å². The van der Waals surface area contributed by atoms with Crippen LogP contribution in [0, 0.1) is 5.92 Å². The number of benzene rings is 1. The topological polar surface area (TPSA) is 72.6 Å². The molecule has 1 unspecified atom stereocenters. The first-order chi connectivity index (χ1) is 10.5. The van der Waals surface area contributed by atoms with Crippen LogP contribution in [0.3, 0.4) is 0 Å². The zero-order valence-electron chi connectivity index (χ0n) is 12.6. The van der Waals surface area contributed by atoms with Crippen LogP contribution in [-0.2, 0) is 9.59 Å². The first-order valence-corrected chi connectivity index (χ1v) is 7.90. The summed E-state index contributed by atoms with van der Waals surface area (Å²) in [7, 11) is 0. The van der Waals surface area contributed by atoms with Crippen LogP contribution in [0.1, 0.15) is 26.2 Å². The fraction of sp³-hybridized carbons (Fsp3) is 0.500. The van der Waals surface area contributed by atoms with Crippen molar-refractivity contribution in [3.8, 4) is 5.75 Å². The number of para-hydroxylation sites is 1. The molecule has 22 heavy (non-hydrogen) atoms. The molecule has 0 aromatic heterocycles. The predicted octanol–water partition coefficient (Wildman–Crippen LogP) is 2.22. The summed E-state index contributed by atoms with van der Waals surface area (Å²) in [5.74, 6) is 0.0294. The normalized spacial score (nSPS) is 17.1. The molecule has 1 aromatic rings. The highest BCUT2D eigenvalue weighted by atomic mass is 35.5. The third kappa shape index (κ3) is 3.91. The van der Waals surface area contributed by atoms with Gasteiger partial charge in [-0.2, -0.15) is 0 Å². The van der Waals surface area contributed by atoms with E-state index in [1.807, 2.05) is 19.1 Å². The third-order valence-corrected chi connectivity index (χ3v) is 4.27. The summed E-state index contributed by atoms with van der Waals surface area (Å²) in [6, 6.07) is 7.10. The van der Waals surface area contributed by atoms with Crippen LogP contribution in [0.25, 0.3) is 0 Å². The summed E-state index contributed by atoms with van der Waals surface area (Å²) < 4.78 is 5.77. The minimum atomic E-state index is -0.565. The Labute approximate surface area is 135 Å². The molecule has 6 heteroatoms. The number of halogens is 1. The first kappa shape index (κ1) is 16.6. The number of amides is 2. The van der Waals surface area contributed by atoms with Gasteiger partial charge in [-0.3, -0.25) is 9.59 Å². The third-order valence-electron chi connectivity index (χ3n) is 3.96. The van der Waals surface area contributed by atoms with Gasteiger partial charge in [0.25, 0.3) is 5.91 Å². The molecule has 0 spiro atoms. The molecule has 0 saturated carbocycles. The van der Waals surface area contributed by atoms with Crippen molar-refractivity contribution in [1.29, 1.82) is 0 Å². The summed E-state index contributed by atoms with van der Waals surface area (Å²) in [4.78, 5) is 25.5. The molecule has 120 valence electrons. The lowest BCUT2D eigenvalue weighted by Crippen LogP contribution is -2.47. The Kier molecular flexibility index (Phi) is 5.66. The molecule has 1 aliphatic rings. The highest BCUT2D eigenvalue weighted by molar-refractivity contribution is 6.32. The van der Waals surface area contributed by atoms with Gasteiger partial charge >= 0.3 is 0 Å². The standard InChI is InChI=1S/C16H21ClN2O3/c1-2-13(22-14-6-4-3-5-12(14)17)16(21)19-9-7-11(8-10-19)15(18)20/h3-6,11,13H,2,7-10H2,1H3,(H2,18,20). The van der Waals surface area contributed by atoms with E-state index >= 15 is 0 Å².